The molecule has 1 N–H and O–H groups in total. The zero-order chi connectivity index (χ0) is 20.7. The van der Waals surface area contributed by atoms with Gasteiger partial charge >= 0.3 is 5.97 Å². The normalized spacial score (nSPS) is 15.7. The van der Waals surface area contributed by atoms with Crippen molar-refractivity contribution in [2.45, 2.75) is 38.5 Å². The highest BCUT2D eigenvalue weighted by Crippen LogP contribution is 2.39. The standard InChI is InChI=1S/C22H19Cl2NO4/c23-15-8-7-14(3-1-2-12-4-5-12)19-20(15)22(29)25(21(19)28)17-9-6-13(10-16(17)24)11-18(26)27/h6-10,12H,1-5,11H2,(H,26,27). The number of nitrogens with zero attached hydrogens (tertiary/aromatic N) is 1. The molecule has 1 heterocycles. The molecule has 0 spiro atoms. The Bertz CT molecular complexity index is 1030. The Morgan fingerprint density at radius 2 is 1.76 bits per heavy atom. The lowest BCUT2D eigenvalue weighted by Crippen LogP contribution is -2.30. The summed E-state index contributed by atoms with van der Waals surface area (Å²) in [7, 11) is 0. The van der Waals surface area contributed by atoms with Crippen LogP contribution in [0.2, 0.25) is 10.0 Å². The molecule has 1 aliphatic carbocycles. The van der Waals surface area contributed by atoms with Crippen molar-refractivity contribution in [2.75, 3.05) is 4.90 Å². The molecule has 5 nitrogen and oxygen atoms in total. The van der Waals surface area contributed by atoms with Crippen LogP contribution in [0.3, 0.4) is 0 Å². The molecule has 0 aromatic heterocycles. The van der Waals surface area contributed by atoms with Gasteiger partial charge in [0.25, 0.3) is 11.8 Å². The van der Waals surface area contributed by atoms with E-state index in [9.17, 15) is 14.4 Å². The van der Waals surface area contributed by atoms with Gasteiger partial charge in [0.1, 0.15) is 0 Å². The number of aliphatic carboxylic acids is 1. The van der Waals surface area contributed by atoms with E-state index in [4.69, 9.17) is 28.3 Å². The maximum absolute atomic E-state index is 13.2. The van der Waals surface area contributed by atoms with E-state index in [0.29, 0.717) is 17.5 Å². The molecule has 2 aromatic rings. The second-order valence-corrected chi connectivity index (χ2v) is 8.41. The Kier molecular flexibility index (Phi) is 5.36. The molecule has 0 radical (unpaired) electrons. The number of carboxylic acid groups (broad SMARTS) is 1. The zero-order valence-electron chi connectivity index (χ0n) is 15.6. The lowest BCUT2D eigenvalue weighted by molar-refractivity contribution is -0.136. The topological polar surface area (TPSA) is 74.7 Å². The van der Waals surface area contributed by atoms with Crippen LogP contribution in [0.15, 0.2) is 30.3 Å². The van der Waals surface area contributed by atoms with Gasteiger partial charge in [-0.25, -0.2) is 4.90 Å². The molecule has 0 bridgehead atoms. The van der Waals surface area contributed by atoms with Crippen molar-refractivity contribution in [3.8, 4) is 0 Å². The summed E-state index contributed by atoms with van der Waals surface area (Å²) in [6.45, 7) is 0. The van der Waals surface area contributed by atoms with Crippen LogP contribution in [0.5, 0.6) is 0 Å². The SMILES string of the molecule is O=C(O)Cc1ccc(N2C(=O)c3c(Cl)ccc(CCCC4CC4)c3C2=O)c(Cl)c1. The number of carbonyl (C=O) groups excluding carboxylic acids is 2. The van der Waals surface area contributed by atoms with Gasteiger partial charge in [-0.3, -0.25) is 14.4 Å². The molecule has 0 atom stereocenters. The highest BCUT2D eigenvalue weighted by atomic mass is 35.5. The number of imide groups is 1. The van der Waals surface area contributed by atoms with Crippen LogP contribution < -0.4 is 4.90 Å². The fourth-order valence-corrected chi connectivity index (χ4v) is 4.35. The van der Waals surface area contributed by atoms with Crippen molar-refractivity contribution < 1.29 is 19.5 Å². The van der Waals surface area contributed by atoms with Crippen molar-refractivity contribution in [3.05, 3.63) is 62.6 Å². The Labute approximate surface area is 178 Å². The molecule has 7 heteroatoms. The number of aryl methyl sites for hydroxylation is 1. The van der Waals surface area contributed by atoms with Crippen molar-refractivity contribution in [2.24, 2.45) is 5.92 Å². The van der Waals surface area contributed by atoms with Crippen molar-refractivity contribution in [1.82, 2.24) is 0 Å². The first-order valence-corrected chi connectivity index (χ1v) is 10.3. The number of amides is 2. The molecule has 2 aliphatic rings. The van der Waals surface area contributed by atoms with Crippen LogP contribution in [0, 0.1) is 5.92 Å². The molecule has 4 rings (SSSR count). The highest BCUT2D eigenvalue weighted by Gasteiger charge is 2.41. The molecule has 29 heavy (non-hydrogen) atoms. The van der Waals surface area contributed by atoms with Gasteiger partial charge in [0.05, 0.1) is 33.3 Å². The first kappa shape index (κ1) is 19.9. The van der Waals surface area contributed by atoms with Crippen LogP contribution in [-0.4, -0.2) is 22.9 Å². The molecule has 1 saturated carbocycles. The van der Waals surface area contributed by atoms with E-state index in [0.717, 1.165) is 29.2 Å². The van der Waals surface area contributed by atoms with Crippen LogP contribution in [0.4, 0.5) is 5.69 Å². The molecule has 0 unspecified atom stereocenters. The first-order chi connectivity index (χ1) is 13.9. The predicted octanol–water partition coefficient (Wildman–Crippen LogP) is 5.15. The number of fused-ring (bicyclic) bond motifs is 1. The molecule has 2 amide bonds. The van der Waals surface area contributed by atoms with Crippen LogP contribution in [-0.2, 0) is 17.6 Å². The second kappa shape index (κ2) is 7.81. The zero-order valence-corrected chi connectivity index (χ0v) is 17.1. The Balaban J connectivity index is 1.66. The predicted molar refractivity (Wildman–Crippen MR) is 111 cm³/mol. The summed E-state index contributed by atoms with van der Waals surface area (Å²) in [5.41, 5.74) is 2.11. The summed E-state index contributed by atoms with van der Waals surface area (Å²) in [4.78, 5) is 38.2. The minimum absolute atomic E-state index is 0.143. The Morgan fingerprint density at radius 1 is 1.03 bits per heavy atom. The van der Waals surface area contributed by atoms with Crippen LogP contribution in [0.1, 0.15) is 57.5 Å². The largest absolute Gasteiger partial charge is 0.481 e. The van der Waals surface area contributed by atoms with Gasteiger partial charge in [-0.05, 0) is 48.1 Å². The lowest BCUT2D eigenvalue weighted by atomic mass is 9.97. The summed E-state index contributed by atoms with van der Waals surface area (Å²) in [6.07, 6.45) is 5.17. The third-order valence-electron chi connectivity index (χ3n) is 5.44. The Morgan fingerprint density at radius 3 is 2.41 bits per heavy atom. The van der Waals surface area contributed by atoms with Crippen LogP contribution in [0.25, 0.3) is 0 Å². The minimum Gasteiger partial charge on any atom is -0.481 e. The highest BCUT2D eigenvalue weighted by molar-refractivity contribution is 6.44. The number of rotatable bonds is 7. The molecule has 1 fully saturated rings. The second-order valence-electron chi connectivity index (χ2n) is 7.59. The maximum Gasteiger partial charge on any atom is 0.307 e. The first-order valence-electron chi connectivity index (χ1n) is 9.57. The van der Waals surface area contributed by atoms with E-state index in [-0.39, 0.29) is 27.7 Å². The van der Waals surface area contributed by atoms with Gasteiger partial charge in [-0.15, -0.1) is 0 Å². The van der Waals surface area contributed by atoms with Gasteiger partial charge < -0.3 is 5.11 Å². The molecule has 0 saturated heterocycles. The van der Waals surface area contributed by atoms with Gasteiger partial charge in [-0.2, -0.15) is 0 Å². The van der Waals surface area contributed by atoms with E-state index in [1.54, 1.807) is 12.1 Å². The molecular weight excluding hydrogens is 413 g/mol. The number of halogens is 2. The summed E-state index contributed by atoms with van der Waals surface area (Å²) in [5.74, 6) is -1.14. The fourth-order valence-electron chi connectivity index (χ4n) is 3.82. The quantitative estimate of drug-likeness (QED) is 0.614. The summed E-state index contributed by atoms with van der Waals surface area (Å²) in [6, 6.07) is 8.01. The minimum atomic E-state index is -0.989. The molecular formula is C22H19Cl2NO4. The number of benzene rings is 2. The molecule has 1 aliphatic heterocycles. The average molecular weight is 432 g/mol. The monoisotopic (exact) mass is 431 g/mol. The van der Waals surface area contributed by atoms with E-state index < -0.39 is 17.8 Å². The molecule has 150 valence electrons. The van der Waals surface area contributed by atoms with Crippen molar-refractivity contribution in [1.29, 1.82) is 0 Å². The van der Waals surface area contributed by atoms with Crippen molar-refractivity contribution >= 4 is 46.7 Å². The fraction of sp³-hybridized carbons (Fsp3) is 0.318. The Hall–Kier alpha value is -2.37. The summed E-state index contributed by atoms with van der Waals surface area (Å²) in [5, 5.41) is 9.32. The van der Waals surface area contributed by atoms with Gasteiger partial charge in [0.2, 0.25) is 0 Å². The third-order valence-corrected chi connectivity index (χ3v) is 6.06. The summed E-state index contributed by atoms with van der Waals surface area (Å²) < 4.78 is 0. The summed E-state index contributed by atoms with van der Waals surface area (Å²) >= 11 is 12.6. The van der Waals surface area contributed by atoms with E-state index in [1.165, 1.54) is 25.0 Å². The lowest BCUT2D eigenvalue weighted by Gasteiger charge is -2.16. The van der Waals surface area contributed by atoms with Crippen molar-refractivity contribution in [3.63, 3.8) is 0 Å². The molecule has 2 aromatic carbocycles. The smallest absolute Gasteiger partial charge is 0.307 e. The van der Waals surface area contributed by atoms with E-state index in [2.05, 4.69) is 0 Å². The van der Waals surface area contributed by atoms with Gasteiger partial charge in [0, 0.05) is 0 Å². The van der Waals surface area contributed by atoms with Crippen LogP contribution >= 0.6 is 23.2 Å². The van der Waals surface area contributed by atoms with Gasteiger partial charge in [0.15, 0.2) is 0 Å². The number of carboxylic acids is 1. The van der Waals surface area contributed by atoms with E-state index >= 15 is 0 Å². The third kappa shape index (κ3) is 3.89. The number of hydrogen-bond acceptors (Lipinski definition) is 3. The van der Waals surface area contributed by atoms with E-state index in [1.807, 2.05) is 6.07 Å². The number of carbonyl (C=O) groups is 3. The maximum atomic E-state index is 13.2. The number of hydrogen-bond donors (Lipinski definition) is 1. The number of anilines is 1. The average Bonchev–Trinajstić information content (AvgIpc) is 3.43. The van der Waals surface area contributed by atoms with Gasteiger partial charge in [-0.1, -0.05) is 54.6 Å².